The Kier molecular flexibility index (Phi) is 4.13. The highest BCUT2D eigenvalue weighted by Gasteiger charge is 2.45. The Morgan fingerprint density at radius 1 is 1.13 bits per heavy atom. The van der Waals surface area contributed by atoms with Gasteiger partial charge in [0, 0.05) is 30.6 Å². The average molecular weight is 318 g/mol. The number of benzene rings is 1. The van der Waals surface area contributed by atoms with Crippen LogP contribution in [0.4, 0.5) is 10.5 Å². The molecule has 0 saturated carbocycles. The number of piperidine rings is 1. The van der Waals surface area contributed by atoms with E-state index in [0.717, 1.165) is 37.1 Å². The third-order valence-electron chi connectivity index (χ3n) is 4.48. The van der Waals surface area contributed by atoms with Crippen molar-refractivity contribution in [3.05, 3.63) is 24.3 Å². The molecule has 3 atom stereocenters. The van der Waals surface area contributed by atoms with Crippen LogP contribution in [0.25, 0.3) is 0 Å². The maximum atomic E-state index is 12.4. The van der Waals surface area contributed by atoms with Crippen molar-refractivity contribution < 1.29 is 14.3 Å². The van der Waals surface area contributed by atoms with Crippen molar-refractivity contribution in [3.63, 3.8) is 0 Å². The second kappa shape index (κ2) is 5.95. The molecule has 0 aliphatic carbocycles. The van der Waals surface area contributed by atoms with Crippen molar-refractivity contribution in [2.24, 2.45) is 0 Å². The minimum atomic E-state index is -0.451. The van der Waals surface area contributed by atoms with Crippen LogP contribution in [-0.2, 0) is 4.74 Å². The molecule has 2 N–H and O–H groups in total. The summed E-state index contributed by atoms with van der Waals surface area (Å²) in [6.07, 6.45) is 3.75. The van der Waals surface area contributed by atoms with E-state index in [4.69, 9.17) is 15.2 Å². The number of hydrogen-bond donors (Lipinski definition) is 1. The number of ether oxygens (including phenoxy) is 2. The topological polar surface area (TPSA) is 64.8 Å². The van der Waals surface area contributed by atoms with E-state index in [1.165, 1.54) is 0 Å². The minimum Gasteiger partial charge on any atom is -0.490 e. The Hall–Kier alpha value is -1.91. The number of carbonyl (C=O) groups is 1. The first-order chi connectivity index (χ1) is 10.8. The first-order valence-corrected chi connectivity index (χ1v) is 8.35. The predicted molar refractivity (Wildman–Crippen MR) is 89.4 cm³/mol. The van der Waals surface area contributed by atoms with Crippen LogP contribution in [0.5, 0.6) is 5.75 Å². The van der Waals surface area contributed by atoms with Crippen molar-refractivity contribution in [3.8, 4) is 5.75 Å². The number of rotatable bonds is 2. The van der Waals surface area contributed by atoms with Gasteiger partial charge in [-0.2, -0.15) is 0 Å². The quantitative estimate of drug-likeness (QED) is 0.847. The lowest BCUT2D eigenvalue weighted by molar-refractivity contribution is -0.00707. The van der Waals surface area contributed by atoms with Gasteiger partial charge in [-0.3, -0.25) is 0 Å². The number of fused-ring (bicyclic) bond motifs is 2. The summed E-state index contributed by atoms with van der Waals surface area (Å²) in [5.41, 5.74) is 5.99. The molecule has 5 nitrogen and oxygen atoms in total. The Bertz CT molecular complexity index is 551. The van der Waals surface area contributed by atoms with Crippen molar-refractivity contribution in [2.45, 2.75) is 70.2 Å². The molecule has 0 spiro atoms. The predicted octanol–water partition coefficient (Wildman–Crippen LogP) is 3.58. The lowest BCUT2D eigenvalue weighted by Crippen LogP contribution is -2.50. The molecule has 1 aromatic carbocycles. The molecule has 5 heteroatoms. The summed E-state index contributed by atoms with van der Waals surface area (Å²) in [6, 6.07) is 7.94. The highest BCUT2D eigenvalue weighted by molar-refractivity contribution is 5.69. The summed E-state index contributed by atoms with van der Waals surface area (Å²) in [5, 5.41) is 0. The molecule has 3 rings (SSSR count). The first kappa shape index (κ1) is 16.0. The van der Waals surface area contributed by atoms with Crippen LogP contribution >= 0.6 is 0 Å². The molecule has 23 heavy (non-hydrogen) atoms. The molecular formula is C18H26N2O3. The highest BCUT2D eigenvalue weighted by atomic mass is 16.6. The maximum absolute atomic E-state index is 12.4. The molecule has 2 aliphatic heterocycles. The third kappa shape index (κ3) is 3.71. The van der Waals surface area contributed by atoms with Crippen LogP contribution in [0.1, 0.15) is 46.5 Å². The zero-order chi connectivity index (χ0) is 16.6. The maximum Gasteiger partial charge on any atom is 0.410 e. The van der Waals surface area contributed by atoms with Crippen LogP contribution in [-0.4, -0.2) is 34.8 Å². The van der Waals surface area contributed by atoms with E-state index in [1.54, 1.807) is 0 Å². The van der Waals surface area contributed by atoms with E-state index >= 15 is 0 Å². The highest BCUT2D eigenvalue weighted by Crippen LogP contribution is 2.38. The molecule has 2 heterocycles. The van der Waals surface area contributed by atoms with E-state index in [-0.39, 0.29) is 24.3 Å². The molecule has 126 valence electrons. The van der Waals surface area contributed by atoms with Gasteiger partial charge in [0.2, 0.25) is 0 Å². The van der Waals surface area contributed by atoms with Gasteiger partial charge in [-0.15, -0.1) is 0 Å². The second-order valence-corrected chi connectivity index (χ2v) is 7.55. The monoisotopic (exact) mass is 318 g/mol. The molecule has 0 radical (unpaired) electrons. The van der Waals surface area contributed by atoms with E-state index in [1.807, 2.05) is 49.9 Å². The van der Waals surface area contributed by atoms with Gasteiger partial charge in [0.1, 0.15) is 17.5 Å². The van der Waals surface area contributed by atoms with Crippen LogP contribution < -0.4 is 10.5 Å². The minimum absolute atomic E-state index is 0.148. The van der Waals surface area contributed by atoms with Crippen molar-refractivity contribution >= 4 is 11.8 Å². The number of nitrogens with zero attached hydrogens (tertiary/aromatic N) is 1. The van der Waals surface area contributed by atoms with E-state index in [2.05, 4.69) is 0 Å². The van der Waals surface area contributed by atoms with Gasteiger partial charge in [0.05, 0.1) is 0 Å². The molecule has 1 unspecified atom stereocenters. The van der Waals surface area contributed by atoms with Crippen molar-refractivity contribution in [2.75, 3.05) is 5.73 Å². The number of nitrogens with two attached hydrogens (primary N) is 1. The molecule has 2 saturated heterocycles. The Morgan fingerprint density at radius 2 is 1.70 bits per heavy atom. The average Bonchev–Trinajstić information content (AvgIpc) is 2.72. The summed E-state index contributed by atoms with van der Waals surface area (Å²) < 4.78 is 11.6. The Balaban J connectivity index is 1.62. The van der Waals surface area contributed by atoms with Gasteiger partial charge in [-0.05, 0) is 57.9 Å². The largest absolute Gasteiger partial charge is 0.490 e. The zero-order valence-corrected chi connectivity index (χ0v) is 14.1. The fourth-order valence-electron chi connectivity index (χ4n) is 3.57. The molecule has 2 fully saturated rings. The molecule has 1 amide bonds. The summed E-state index contributed by atoms with van der Waals surface area (Å²) in [5.74, 6) is 0.842. The van der Waals surface area contributed by atoms with Crippen LogP contribution in [0, 0.1) is 0 Å². The van der Waals surface area contributed by atoms with Gasteiger partial charge in [-0.1, -0.05) is 0 Å². The molecule has 1 aromatic rings. The normalized spacial score (nSPS) is 26.9. The zero-order valence-electron chi connectivity index (χ0n) is 14.1. The van der Waals surface area contributed by atoms with Crippen molar-refractivity contribution in [1.82, 2.24) is 4.90 Å². The van der Waals surface area contributed by atoms with Gasteiger partial charge < -0.3 is 20.1 Å². The van der Waals surface area contributed by atoms with Crippen molar-refractivity contribution in [1.29, 1.82) is 0 Å². The lowest BCUT2D eigenvalue weighted by atomic mass is 10.00. The summed E-state index contributed by atoms with van der Waals surface area (Å²) in [4.78, 5) is 14.4. The van der Waals surface area contributed by atoms with E-state index in [0.29, 0.717) is 0 Å². The van der Waals surface area contributed by atoms with Crippen LogP contribution in [0.3, 0.4) is 0 Å². The number of carbonyl (C=O) groups excluding carboxylic acids is 1. The second-order valence-electron chi connectivity index (χ2n) is 7.55. The van der Waals surface area contributed by atoms with E-state index in [9.17, 15) is 4.79 Å². The third-order valence-corrected chi connectivity index (χ3v) is 4.48. The lowest BCUT2D eigenvalue weighted by Gasteiger charge is -2.39. The molecular weight excluding hydrogens is 292 g/mol. The molecule has 2 bridgehead atoms. The van der Waals surface area contributed by atoms with Crippen LogP contribution in [0.15, 0.2) is 24.3 Å². The number of amides is 1. The SMILES string of the molecule is CC(C)(C)OC(=O)N1[C@@H]2CC[C@H]1CC(Oc1ccc(N)cc1)C2. The van der Waals surface area contributed by atoms with Gasteiger partial charge >= 0.3 is 6.09 Å². The summed E-state index contributed by atoms with van der Waals surface area (Å²) in [7, 11) is 0. The molecule has 0 aromatic heterocycles. The summed E-state index contributed by atoms with van der Waals surface area (Å²) >= 11 is 0. The number of anilines is 1. The van der Waals surface area contributed by atoms with Gasteiger partial charge in [0.25, 0.3) is 0 Å². The fraction of sp³-hybridized carbons (Fsp3) is 0.611. The van der Waals surface area contributed by atoms with Gasteiger partial charge in [0.15, 0.2) is 0 Å². The summed E-state index contributed by atoms with van der Waals surface area (Å²) in [6.45, 7) is 5.72. The smallest absolute Gasteiger partial charge is 0.410 e. The first-order valence-electron chi connectivity index (χ1n) is 8.35. The number of nitrogen functional groups attached to an aromatic ring is 1. The van der Waals surface area contributed by atoms with Crippen LogP contribution in [0.2, 0.25) is 0 Å². The van der Waals surface area contributed by atoms with Gasteiger partial charge in [-0.25, -0.2) is 4.79 Å². The Morgan fingerprint density at radius 3 is 2.22 bits per heavy atom. The molecule has 2 aliphatic rings. The Labute approximate surface area is 137 Å². The fourth-order valence-corrected chi connectivity index (χ4v) is 3.57. The standard InChI is InChI=1S/C18H26N2O3/c1-18(2,3)23-17(21)20-13-6-7-14(20)11-16(10-13)22-15-8-4-12(19)5-9-15/h4-5,8-9,13-14,16H,6-7,10-11,19H2,1-3H3/t13-,14+,16?. The van der Waals surface area contributed by atoms with E-state index < -0.39 is 5.60 Å². The number of hydrogen-bond acceptors (Lipinski definition) is 4.